The summed E-state index contributed by atoms with van der Waals surface area (Å²) < 4.78 is 11.4. The maximum absolute atomic E-state index is 12.2. The second-order valence-corrected chi connectivity index (χ2v) is 7.45. The SMILES string of the molecule is O=C(Nc1ccc(C(=O)OCc2nc3ccccc3s2)s1)c1ccco1. The van der Waals surface area contributed by atoms with Crippen LogP contribution in [0.25, 0.3) is 10.2 Å². The fourth-order valence-electron chi connectivity index (χ4n) is 2.28. The van der Waals surface area contributed by atoms with Gasteiger partial charge in [0.1, 0.15) is 16.5 Å². The van der Waals surface area contributed by atoms with Crippen molar-refractivity contribution in [3.8, 4) is 0 Å². The zero-order valence-corrected chi connectivity index (χ0v) is 14.9. The third kappa shape index (κ3) is 3.51. The first kappa shape index (κ1) is 16.5. The van der Waals surface area contributed by atoms with Gasteiger partial charge in [0.05, 0.1) is 21.5 Å². The van der Waals surface area contributed by atoms with Crippen LogP contribution >= 0.6 is 22.7 Å². The maximum Gasteiger partial charge on any atom is 0.348 e. The normalized spacial score (nSPS) is 10.8. The third-order valence-corrected chi connectivity index (χ3v) is 5.44. The number of thiophene rings is 1. The summed E-state index contributed by atoms with van der Waals surface area (Å²) in [5.41, 5.74) is 0.891. The molecule has 0 spiro atoms. The van der Waals surface area contributed by atoms with Crippen molar-refractivity contribution in [2.75, 3.05) is 5.32 Å². The number of furan rings is 1. The molecular formula is C18H12N2O4S2. The van der Waals surface area contributed by atoms with Crippen LogP contribution in [0.2, 0.25) is 0 Å². The van der Waals surface area contributed by atoms with E-state index in [-0.39, 0.29) is 18.3 Å². The van der Waals surface area contributed by atoms with Crippen LogP contribution in [0.4, 0.5) is 5.00 Å². The van der Waals surface area contributed by atoms with Crippen molar-refractivity contribution < 1.29 is 18.7 Å². The van der Waals surface area contributed by atoms with Crippen LogP contribution < -0.4 is 5.32 Å². The molecule has 3 aromatic heterocycles. The quantitative estimate of drug-likeness (QED) is 0.510. The van der Waals surface area contributed by atoms with Crippen molar-refractivity contribution in [1.82, 2.24) is 4.98 Å². The summed E-state index contributed by atoms with van der Waals surface area (Å²) in [7, 11) is 0. The Bertz CT molecular complexity index is 1030. The van der Waals surface area contributed by atoms with Crippen molar-refractivity contribution in [3.63, 3.8) is 0 Å². The molecule has 3 heterocycles. The highest BCUT2D eigenvalue weighted by molar-refractivity contribution is 7.18. The van der Waals surface area contributed by atoms with Gasteiger partial charge in [-0.1, -0.05) is 12.1 Å². The minimum Gasteiger partial charge on any atom is -0.459 e. The number of carbonyl (C=O) groups excluding carboxylic acids is 2. The second-order valence-electron chi connectivity index (χ2n) is 5.25. The number of fused-ring (bicyclic) bond motifs is 1. The Morgan fingerprint density at radius 2 is 1.96 bits per heavy atom. The Morgan fingerprint density at radius 1 is 1.08 bits per heavy atom. The molecule has 0 aliphatic heterocycles. The number of benzene rings is 1. The topological polar surface area (TPSA) is 81.4 Å². The van der Waals surface area contributed by atoms with E-state index < -0.39 is 5.97 Å². The van der Waals surface area contributed by atoms with E-state index in [4.69, 9.17) is 9.15 Å². The van der Waals surface area contributed by atoms with Gasteiger partial charge in [0, 0.05) is 0 Å². The lowest BCUT2D eigenvalue weighted by Gasteiger charge is -2.00. The van der Waals surface area contributed by atoms with Crippen molar-refractivity contribution in [3.05, 3.63) is 70.4 Å². The van der Waals surface area contributed by atoms with Crippen LogP contribution in [0.15, 0.2) is 59.2 Å². The van der Waals surface area contributed by atoms with E-state index in [2.05, 4.69) is 10.3 Å². The first-order chi connectivity index (χ1) is 12.7. The number of nitrogens with one attached hydrogen (secondary N) is 1. The number of esters is 1. The minimum absolute atomic E-state index is 0.115. The lowest BCUT2D eigenvalue weighted by molar-refractivity contribution is 0.0478. The van der Waals surface area contributed by atoms with Gasteiger partial charge < -0.3 is 14.5 Å². The Kier molecular flexibility index (Phi) is 4.51. The number of amides is 1. The van der Waals surface area contributed by atoms with E-state index in [0.29, 0.717) is 9.88 Å². The summed E-state index contributed by atoms with van der Waals surface area (Å²) in [5, 5.41) is 3.96. The Balaban J connectivity index is 1.37. The molecule has 1 amide bonds. The molecule has 4 aromatic rings. The van der Waals surface area contributed by atoms with Crippen molar-refractivity contribution >= 4 is 49.8 Å². The van der Waals surface area contributed by atoms with E-state index in [9.17, 15) is 9.59 Å². The van der Waals surface area contributed by atoms with Crippen LogP contribution in [0.1, 0.15) is 25.2 Å². The number of hydrogen-bond donors (Lipinski definition) is 1. The summed E-state index contributed by atoms with van der Waals surface area (Å²) in [6.45, 7) is 0.115. The number of aromatic nitrogens is 1. The van der Waals surface area contributed by atoms with E-state index in [1.54, 1.807) is 24.3 Å². The average Bonchev–Trinajstić information content (AvgIpc) is 3.38. The van der Waals surface area contributed by atoms with E-state index in [1.165, 1.54) is 17.6 Å². The molecule has 0 aliphatic carbocycles. The zero-order chi connectivity index (χ0) is 17.9. The number of thiazole rings is 1. The molecule has 4 rings (SSSR count). The molecule has 0 saturated heterocycles. The van der Waals surface area contributed by atoms with Crippen LogP contribution in [0, 0.1) is 0 Å². The Labute approximate surface area is 156 Å². The molecule has 0 bridgehead atoms. The van der Waals surface area contributed by atoms with Crippen LogP contribution in [-0.2, 0) is 11.3 Å². The molecule has 0 unspecified atom stereocenters. The number of anilines is 1. The van der Waals surface area contributed by atoms with Gasteiger partial charge in [-0.25, -0.2) is 9.78 Å². The predicted octanol–water partition coefficient (Wildman–Crippen LogP) is 4.56. The summed E-state index contributed by atoms with van der Waals surface area (Å²) >= 11 is 2.64. The molecule has 0 aliphatic rings. The number of ether oxygens (including phenoxy) is 1. The van der Waals surface area contributed by atoms with E-state index in [0.717, 1.165) is 26.6 Å². The third-order valence-electron chi connectivity index (χ3n) is 3.45. The number of nitrogens with zero attached hydrogens (tertiary/aromatic N) is 1. The smallest absolute Gasteiger partial charge is 0.348 e. The lowest BCUT2D eigenvalue weighted by atomic mass is 10.3. The molecule has 0 radical (unpaired) electrons. The fourth-order valence-corrected chi connectivity index (χ4v) is 3.95. The standard InChI is InChI=1S/C18H12N2O4S2/c21-17(12-5-3-9-23-12)20-15-8-7-14(26-15)18(22)24-10-16-19-11-4-1-2-6-13(11)25-16/h1-9H,10H2,(H,20,21). The molecule has 0 fully saturated rings. The number of rotatable bonds is 5. The highest BCUT2D eigenvalue weighted by atomic mass is 32.1. The molecule has 0 saturated carbocycles. The molecule has 130 valence electrons. The molecule has 26 heavy (non-hydrogen) atoms. The number of carbonyl (C=O) groups is 2. The first-order valence-corrected chi connectivity index (χ1v) is 9.28. The van der Waals surface area contributed by atoms with Gasteiger partial charge in [-0.3, -0.25) is 4.79 Å². The minimum atomic E-state index is -0.451. The summed E-state index contributed by atoms with van der Waals surface area (Å²) in [5.74, 6) is -0.614. The van der Waals surface area contributed by atoms with Crippen LogP contribution in [0.5, 0.6) is 0 Å². The molecule has 8 heteroatoms. The van der Waals surface area contributed by atoms with Crippen LogP contribution in [0.3, 0.4) is 0 Å². The monoisotopic (exact) mass is 384 g/mol. The van der Waals surface area contributed by atoms with Gasteiger partial charge in [0.25, 0.3) is 5.91 Å². The Hall–Kier alpha value is -2.97. The summed E-state index contributed by atoms with van der Waals surface area (Å²) in [4.78, 5) is 29.0. The molecular weight excluding hydrogens is 372 g/mol. The van der Waals surface area contributed by atoms with Gasteiger partial charge in [0.2, 0.25) is 0 Å². The lowest BCUT2D eigenvalue weighted by Crippen LogP contribution is -2.09. The Morgan fingerprint density at radius 3 is 2.77 bits per heavy atom. The second kappa shape index (κ2) is 7.11. The highest BCUT2D eigenvalue weighted by Crippen LogP contribution is 2.25. The van der Waals surface area contributed by atoms with Crippen molar-refractivity contribution in [2.45, 2.75) is 6.61 Å². The van der Waals surface area contributed by atoms with E-state index in [1.807, 2.05) is 24.3 Å². The van der Waals surface area contributed by atoms with Gasteiger partial charge in [-0.05, 0) is 36.4 Å². The van der Waals surface area contributed by atoms with Gasteiger partial charge >= 0.3 is 5.97 Å². The van der Waals surface area contributed by atoms with Crippen LogP contribution in [-0.4, -0.2) is 16.9 Å². The van der Waals surface area contributed by atoms with Crippen molar-refractivity contribution in [1.29, 1.82) is 0 Å². The predicted molar refractivity (Wildman–Crippen MR) is 99.7 cm³/mol. The van der Waals surface area contributed by atoms with Gasteiger partial charge in [0.15, 0.2) is 5.76 Å². The molecule has 1 aromatic carbocycles. The fraction of sp³-hybridized carbons (Fsp3) is 0.0556. The summed E-state index contributed by atoms with van der Waals surface area (Å²) in [6.07, 6.45) is 1.42. The molecule has 6 nitrogen and oxygen atoms in total. The number of para-hydroxylation sites is 1. The number of hydrogen-bond acceptors (Lipinski definition) is 7. The maximum atomic E-state index is 12.2. The highest BCUT2D eigenvalue weighted by Gasteiger charge is 2.15. The van der Waals surface area contributed by atoms with Gasteiger partial charge in [-0.2, -0.15) is 0 Å². The van der Waals surface area contributed by atoms with Gasteiger partial charge in [-0.15, -0.1) is 22.7 Å². The first-order valence-electron chi connectivity index (χ1n) is 7.65. The van der Waals surface area contributed by atoms with Crippen molar-refractivity contribution in [2.24, 2.45) is 0 Å². The van der Waals surface area contributed by atoms with E-state index >= 15 is 0 Å². The molecule has 1 N–H and O–H groups in total. The average molecular weight is 384 g/mol. The molecule has 0 atom stereocenters. The zero-order valence-electron chi connectivity index (χ0n) is 13.3. The largest absolute Gasteiger partial charge is 0.459 e. The summed E-state index contributed by atoms with van der Waals surface area (Å²) in [6, 6.07) is 14.2.